The van der Waals surface area contributed by atoms with Crippen LogP contribution >= 0.6 is 0 Å². The highest BCUT2D eigenvalue weighted by molar-refractivity contribution is 5.92. The number of aliphatic hydroxyl groups is 1. The number of rotatable bonds is 13. The zero-order valence-electron chi connectivity index (χ0n) is 25.2. The van der Waals surface area contributed by atoms with Gasteiger partial charge >= 0.3 is 12.1 Å². The average molecular weight is 586 g/mol. The number of aryl methyl sites for hydroxylation is 2. The first-order chi connectivity index (χ1) is 19.7. The summed E-state index contributed by atoms with van der Waals surface area (Å²) in [6, 6.07) is 9.27. The zero-order valence-corrected chi connectivity index (χ0v) is 25.2. The standard InChI is InChI=1S/C31H43N3O8/c1-7-41-26(37)12-13-32-28(38)27(23-17-20(2)16-21(3)18-23)34(14-15-35)29(39)25(33-30(40)42-31(4,5)6)19-22-8-10-24(36)11-9-22/h8-11,16-18,25,27,35-36H,7,12-15,19H2,1-6H3,(H,32,38)(H,33,40). The fraction of sp³-hybridized carbons (Fsp3) is 0.484. The zero-order chi connectivity index (χ0) is 31.4. The predicted molar refractivity (Wildman–Crippen MR) is 157 cm³/mol. The number of phenols is 1. The van der Waals surface area contributed by atoms with Gasteiger partial charge in [0.2, 0.25) is 11.8 Å². The second-order valence-electron chi connectivity index (χ2n) is 11.0. The molecule has 2 aromatic rings. The highest BCUT2D eigenvalue weighted by Crippen LogP contribution is 2.25. The summed E-state index contributed by atoms with van der Waals surface area (Å²) in [4.78, 5) is 53.7. The maximum atomic E-state index is 14.2. The van der Waals surface area contributed by atoms with E-state index in [1.807, 2.05) is 19.9 Å². The van der Waals surface area contributed by atoms with Gasteiger partial charge in [-0.1, -0.05) is 41.5 Å². The first-order valence-corrected chi connectivity index (χ1v) is 13.9. The number of benzene rings is 2. The SMILES string of the molecule is CCOC(=O)CCNC(=O)C(c1cc(C)cc(C)c1)N(CCO)C(=O)C(Cc1ccc(O)cc1)NC(=O)OC(C)(C)C. The molecule has 0 fully saturated rings. The van der Waals surface area contributed by atoms with Crippen LogP contribution in [0, 0.1) is 13.8 Å². The molecule has 0 bridgehead atoms. The number of esters is 1. The van der Waals surface area contributed by atoms with Crippen molar-refractivity contribution in [3.63, 3.8) is 0 Å². The molecule has 0 saturated heterocycles. The summed E-state index contributed by atoms with van der Waals surface area (Å²) < 4.78 is 10.3. The van der Waals surface area contributed by atoms with Gasteiger partial charge in [0.25, 0.3) is 0 Å². The maximum absolute atomic E-state index is 14.2. The second kappa shape index (κ2) is 15.8. The van der Waals surface area contributed by atoms with E-state index in [-0.39, 0.29) is 38.3 Å². The van der Waals surface area contributed by atoms with Crippen LogP contribution in [-0.4, -0.2) is 76.9 Å². The van der Waals surface area contributed by atoms with Crippen LogP contribution in [0.4, 0.5) is 4.79 Å². The van der Waals surface area contributed by atoms with E-state index in [4.69, 9.17) is 9.47 Å². The van der Waals surface area contributed by atoms with Gasteiger partial charge in [0, 0.05) is 19.5 Å². The van der Waals surface area contributed by atoms with Crippen molar-refractivity contribution >= 4 is 23.9 Å². The highest BCUT2D eigenvalue weighted by atomic mass is 16.6. The van der Waals surface area contributed by atoms with E-state index in [9.17, 15) is 29.4 Å². The summed E-state index contributed by atoms with van der Waals surface area (Å²) in [5.74, 6) is -1.63. The third-order valence-corrected chi connectivity index (χ3v) is 6.04. The number of alkyl carbamates (subject to hydrolysis) is 1. The Kier molecular flexibility index (Phi) is 12.8. The predicted octanol–water partition coefficient (Wildman–Crippen LogP) is 3.08. The Bertz CT molecular complexity index is 1200. The van der Waals surface area contributed by atoms with Crippen LogP contribution in [0.3, 0.4) is 0 Å². The Morgan fingerprint density at radius 3 is 2.17 bits per heavy atom. The molecule has 2 unspecified atom stereocenters. The number of amides is 3. The third-order valence-electron chi connectivity index (χ3n) is 6.04. The van der Waals surface area contributed by atoms with Gasteiger partial charge in [0.15, 0.2) is 0 Å². The van der Waals surface area contributed by atoms with Crippen molar-refractivity contribution in [1.82, 2.24) is 15.5 Å². The first-order valence-electron chi connectivity index (χ1n) is 13.9. The molecular weight excluding hydrogens is 542 g/mol. The van der Waals surface area contributed by atoms with Crippen LogP contribution in [0.25, 0.3) is 0 Å². The quantitative estimate of drug-likeness (QED) is 0.262. The minimum atomic E-state index is -1.19. The molecule has 42 heavy (non-hydrogen) atoms. The monoisotopic (exact) mass is 585 g/mol. The molecule has 3 amide bonds. The number of carbonyl (C=O) groups is 4. The normalized spacial score (nSPS) is 12.5. The fourth-order valence-electron chi connectivity index (χ4n) is 4.45. The number of hydrogen-bond acceptors (Lipinski definition) is 8. The number of phenolic OH excluding ortho intramolecular Hbond substituents is 1. The van der Waals surface area contributed by atoms with Gasteiger partial charge in [-0.3, -0.25) is 14.4 Å². The Morgan fingerprint density at radius 1 is 1.00 bits per heavy atom. The van der Waals surface area contributed by atoms with Gasteiger partial charge in [0.05, 0.1) is 19.6 Å². The summed E-state index contributed by atoms with van der Waals surface area (Å²) in [5, 5.41) is 25.0. The molecule has 0 aliphatic rings. The minimum absolute atomic E-state index is 0.0182. The van der Waals surface area contributed by atoms with E-state index in [0.29, 0.717) is 11.1 Å². The lowest BCUT2D eigenvalue weighted by atomic mass is 9.97. The first kappa shape index (κ1) is 34.1. The molecule has 0 aromatic heterocycles. The molecule has 2 rings (SSSR count). The van der Waals surface area contributed by atoms with E-state index in [0.717, 1.165) is 11.1 Å². The molecule has 0 spiro atoms. The number of aromatic hydroxyl groups is 1. The van der Waals surface area contributed by atoms with Gasteiger partial charge in [0.1, 0.15) is 23.4 Å². The van der Waals surface area contributed by atoms with E-state index >= 15 is 0 Å². The van der Waals surface area contributed by atoms with Crippen LogP contribution in [0.5, 0.6) is 5.75 Å². The lowest BCUT2D eigenvalue weighted by Crippen LogP contribution is -2.54. The molecule has 0 radical (unpaired) electrons. The lowest BCUT2D eigenvalue weighted by molar-refractivity contribution is -0.144. The van der Waals surface area contributed by atoms with Crippen molar-refractivity contribution in [2.45, 2.75) is 72.1 Å². The molecule has 4 N–H and O–H groups in total. The minimum Gasteiger partial charge on any atom is -0.508 e. The van der Waals surface area contributed by atoms with Gasteiger partial charge in [-0.25, -0.2) is 4.79 Å². The molecule has 2 aromatic carbocycles. The molecule has 0 heterocycles. The maximum Gasteiger partial charge on any atom is 0.408 e. The Labute approximate surface area is 247 Å². The van der Waals surface area contributed by atoms with Gasteiger partial charge < -0.3 is 35.2 Å². The molecule has 0 aliphatic heterocycles. The van der Waals surface area contributed by atoms with Crippen LogP contribution < -0.4 is 10.6 Å². The average Bonchev–Trinajstić information content (AvgIpc) is 2.87. The van der Waals surface area contributed by atoms with Crippen molar-refractivity contribution < 1.29 is 38.9 Å². The fourth-order valence-corrected chi connectivity index (χ4v) is 4.45. The number of nitrogens with zero attached hydrogens (tertiary/aromatic N) is 1. The summed E-state index contributed by atoms with van der Waals surface area (Å²) >= 11 is 0. The number of nitrogens with one attached hydrogen (secondary N) is 2. The number of carbonyl (C=O) groups excluding carboxylic acids is 4. The summed E-state index contributed by atoms with van der Waals surface area (Å²) in [5.41, 5.74) is 2.02. The molecule has 0 saturated carbocycles. The topological polar surface area (TPSA) is 154 Å². The largest absolute Gasteiger partial charge is 0.508 e. The summed E-state index contributed by atoms with van der Waals surface area (Å²) in [7, 11) is 0. The molecule has 0 aliphatic carbocycles. The molecule has 11 nitrogen and oxygen atoms in total. The van der Waals surface area contributed by atoms with E-state index in [1.54, 1.807) is 52.0 Å². The number of aliphatic hydroxyl groups excluding tert-OH is 1. The van der Waals surface area contributed by atoms with Crippen molar-refractivity contribution in [2.75, 3.05) is 26.3 Å². The van der Waals surface area contributed by atoms with E-state index < -0.39 is 48.2 Å². The third kappa shape index (κ3) is 11.0. The van der Waals surface area contributed by atoms with Crippen LogP contribution in [0.2, 0.25) is 0 Å². The van der Waals surface area contributed by atoms with Crippen LogP contribution in [0.1, 0.15) is 62.4 Å². The van der Waals surface area contributed by atoms with E-state index in [2.05, 4.69) is 10.6 Å². The van der Waals surface area contributed by atoms with Gasteiger partial charge in [-0.05, 0) is 64.8 Å². The Balaban J connectivity index is 2.51. The van der Waals surface area contributed by atoms with E-state index in [1.165, 1.54) is 17.0 Å². The second-order valence-corrected chi connectivity index (χ2v) is 11.0. The summed E-state index contributed by atoms with van der Waals surface area (Å²) in [6.07, 6.45) is -0.869. The molecule has 230 valence electrons. The Hall–Kier alpha value is -4.12. The van der Waals surface area contributed by atoms with Crippen molar-refractivity contribution in [1.29, 1.82) is 0 Å². The van der Waals surface area contributed by atoms with Crippen molar-refractivity contribution in [2.24, 2.45) is 0 Å². The summed E-state index contributed by atoms with van der Waals surface area (Å²) in [6.45, 7) is 10.0. The Morgan fingerprint density at radius 2 is 1.62 bits per heavy atom. The molecule has 11 heteroatoms. The smallest absolute Gasteiger partial charge is 0.408 e. The lowest BCUT2D eigenvalue weighted by Gasteiger charge is -2.34. The molecular formula is C31H43N3O8. The van der Waals surface area contributed by atoms with Crippen LogP contribution in [-0.2, 0) is 30.3 Å². The van der Waals surface area contributed by atoms with Gasteiger partial charge in [-0.2, -0.15) is 0 Å². The highest BCUT2D eigenvalue weighted by Gasteiger charge is 2.36. The molecule has 2 atom stereocenters. The van der Waals surface area contributed by atoms with Gasteiger partial charge in [-0.15, -0.1) is 0 Å². The number of ether oxygens (including phenoxy) is 2. The van der Waals surface area contributed by atoms with Crippen molar-refractivity contribution in [3.8, 4) is 5.75 Å². The van der Waals surface area contributed by atoms with Crippen LogP contribution in [0.15, 0.2) is 42.5 Å². The number of hydrogen-bond donors (Lipinski definition) is 4. The van der Waals surface area contributed by atoms with Crippen molar-refractivity contribution in [3.05, 3.63) is 64.7 Å².